The molecule has 0 atom stereocenters. The molecule has 3 nitrogen and oxygen atoms in total. The van der Waals surface area contributed by atoms with E-state index in [-0.39, 0.29) is 6.04 Å². The van der Waals surface area contributed by atoms with Crippen molar-refractivity contribution in [1.29, 1.82) is 0 Å². The van der Waals surface area contributed by atoms with Crippen LogP contribution in [0.15, 0.2) is 29.0 Å². The van der Waals surface area contributed by atoms with Gasteiger partial charge in [-0.1, -0.05) is 0 Å². The van der Waals surface area contributed by atoms with Gasteiger partial charge in [-0.3, -0.25) is 9.78 Å². The topological polar surface area (TPSA) is 34.9 Å². The third-order valence-corrected chi connectivity index (χ3v) is 3.83. The number of hydrogen-bond donors (Lipinski definition) is 0. The van der Waals surface area contributed by atoms with E-state index in [4.69, 9.17) is 0 Å². The minimum Gasteiger partial charge on any atom is -0.341 e. The highest BCUT2D eigenvalue weighted by atomic mass is 79.9. The third kappa shape index (κ3) is 2.01. The maximum atomic E-state index is 11.2. The summed E-state index contributed by atoms with van der Waals surface area (Å²) in [6, 6.07) is 4.19. The number of carbonyl (C=O) groups excluding carboxylic acids is 1. The first-order chi connectivity index (χ1) is 8.57. The second-order valence-corrected chi connectivity index (χ2v) is 5.27. The van der Waals surface area contributed by atoms with E-state index in [2.05, 4.69) is 39.3 Å². The second kappa shape index (κ2) is 5.06. The summed E-state index contributed by atoms with van der Waals surface area (Å²) in [4.78, 5) is 15.2. The van der Waals surface area contributed by atoms with Crippen LogP contribution in [-0.4, -0.2) is 15.8 Å². The predicted octanol–water partition coefficient (Wildman–Crippen LogP) is 4.01. The molecule has 18 heavy (non-hydrogen) atoms. The van der Waals surface area contributed by atoms with E-state index in [9.17, 15) is 4.79 Å². The summed E-state index contributed by atoms with van der Waals surface area (Å²) >= 11 is 3.55. The Morgan fingerprint density at radius 2 is 1.94 bits per heavy atom. The molecule has 0 aliphatic rings. The SMILES string of the molecule is Cc1c(C=O)c(Br)c(-c2ccncc2)n1C(C)C. The molecule has 2 rings (SSSR count). The summed E-state index contributed by atoms with van der Waals surface area (Å²) in [5.41, 5.74) is 3.79. The van der Waals surface area contributed by atoms with Gasteiger partial charge in [-0.25, -0.2) is 0 Å². The molecule has 2 aromatic rings. The largest absolute Gasteiger partial charge is 0.341 e. The molecular formula is C14H15BrN2O. The van der Waals surface area contributed by atoms with E-state index < -0.39 is 0 Å². The Bertz CT molecular complexity index is 573. The average Bonchev–Trinajstić information content (AvgIpc) is 2.61. The molecule has 0 saturated heterocycles. The fraction of sp³-hybridized carbons (Fsp3) is 0.286. The van der Waals surface area contributed by atoms with Crippen LogP contribution < -0.4 is 0 Å². The van der Waals surface area contributed by atoms with Gasteiger partial charge in [0.2, 0.25) is 0 Å². The third-order valence-electron chi connectivity index (χ3n) is 3.02. The van der Waals surface area contributed by atoms with Crippen molar-refractivity contribution >= 4 is 22.2 Å². The van der Waals surface area contributed by atoms with Crippen molar-refractivity contribution in [3.05, 3.63) is 40.3 Å². The molecule has 0 bridgehead atoms. The van der Waals surface area contributed by atoms with Gasteiger partial charge in [0.25, 0.3) is 0 Å². The molecule has 0 fully saturated rings. The predicted molar refractivity (Wildman–Crippen MR) is 75.9 cm³/mol. The molecule has 0 aliphatic carbocycles. The van der Waals surface area contributed by atoms with E-state index >= 15 is 0 Å². The first-order valence-electron chi connectivity index (χ1n) is 5.83. The molecule has 0 aromatic carbocycles. The van der Waals surface area contributed by atoms with E-state index in [1.54, 1.807) is 12.4 Å². The quantitative estimate of drug-likeness (QED) is 0.803. The van der Waals surface area contributed by atoms with Crippen LogP contribution >= 0.6 is 15.9 Å². The standard InChI is InChI=1S/C14H15BrN2O/c1-9(2)17-10(3)12(8-18)13(15)14(17)11-4-6-16-7-5-11/h4-9H,1-3H3. The molecule has 0 saturated carbocycles. The van der Waals surface area contributed by atoms with E-state index in [0.29, 0.717) is 0 Å². The summed E-state index contributed by atoms with van der Waals surface area (Å²) in [6.07, 6.45) is 4.42. The molecule has 0 N–H and O–H groups in total. The molecule has 4 heteroatoms. The van der Waals surface area contributed by atoms with E-state index in [1.807, 2.05) is 19.1 Å². The number of halogens is 1. The zero-order valence-electron chi connectivity index (χ0n) is 10.6. The lowest BCUT2D eigenvalue weighted by atomic mass is 10.2. The summed E-state index contributed by atoms with van der Waals surface area (Å²) in [6.45, 7) is 6.19. The highest BCUT2D eigenvalue weighted by Gasteiger charge is 2.20. The van der Waals surface area contributed by atoms with Gasteiger partial charge < -0.3 is 4.57 Å². The zero-order chi connectivity index (χ0) is 13.3. The van der Waals surface area contributed by atoms with Gasteiger partial charge in [-0.2, -0.15) is 0 Å². The Morgan fingerprint density at radius 1 is 1.33 bits per heavy atom. The van der Waals surface area contributed by atoms with Crippen LogP contribution in [0.3, 0.4) is 0 Å². The number of nitrogens with zero attached hydrogens (tertiary/aromatic N) is 2. The highest BCUT2D eigenvalue weighted by molar-refractivity contribution is 9.10. The average molecular weight is 307 g/mol. The van der Waals surface area contributed by atoms with Crippen LogP contribution in [-0.2, 0) is 0 Å². The number of aromatic nitrogens is 2. The molecule has 2 heterocycles. The van der Waals surface area contributed by atoms with Gasteiger partial charge in [0.1, 0.15) is 0 Å². The lowest BCUT2D eigenvalue weighted by Crippen LogP contribution is -2.05. The van der Waals surface area contributed by atoms with Crippen molar-refractivity contribution in [3.8, 4) is 11.3 Å². The maximum absolute atomic E-state index is 11.2. The van der Waals surface area contributed by atoms with Crippen LogP contribution in [0, 0.1) is 6.92 Å². The summed E-state index contributed by atoms with van der Waals surface area (Å²) in [7, 11) is 0. The van der Waals surface area contributed by atoms with Gasteiger partial charge in [0, 0.05) is 35.3 Å². The Hall–Kier alpha value is -1.42. The van der Waals surface area contributed by atoms with Gasteiger partial charge in [-0.05, 0) is 48.8 Å². The first-order valence-corrected chi connectivity index (χ1v) is 6.63. The lowest BCUT2D eigenvalue weighted by molar-refractivity contribution is 0.112. The Kier molecular flexibility index (Phi) is 3.66. The highest BCUT2D eigenvalue weighted by Crippen LogP contribution is 2.36. The zero-order valence-corrected chi connectivity index (χ0v) is 12.2. The number of aldehydes is 1. The first kappa shape index (κ1) is 13.0. The molecule has 0 spiro atoms. The number of pyridine rings is 1. The second-order valence-electron chi connectivity index (χ2n) is 4.48. The molecule has 0 radical (unpaired) electrons. The fourth-order valence-electron chi connectivity index (χ4n) is 2.25. The van der Waals surface area contributed by atoms with E-state index in [1.165, 1.54) is 0 Å². The molecule has 0 amide bonds. The monoisotopic (exact) mass is 306 g/mol. The fourth-order valence-corrected chi connectivity index (χ4v) is 3.05. The van der Waals surface area contributed by atoms with Gasteiger partial charge >= 0.3 is 0 Å². The number of carbonyl (C=O) groups is 1. The Morgan fingerprint density at radius 3 is 2.44 bits per heavy atom. The van der Waals surface area contributed by atoms with Crippen molar-refractivity contribution in [1.82, 2.24) is 9.55 Å². The molecular weight excluding hydrogens is 292 g/mol. The molecule has 0 unspecified atom stereocenters. The summed E-state index contributed by atoms with van der Waals surface area (Å²) in [5.74, 6) is 0. The van der Waals surface area contributed by atoms with Crippen LogP contribution in [0.1, 0.15) is 35.9 Å². The Balaban J connectivity index is 2.77. The molecule has 2 aromatic heterocycles. The van der Waals surface area contributed by atoms with Crippen LogP contribution in [0.25, 0.3) is 11.3 Å². The van der Waals surface area contributed by atoms with Crippen molar-refractivity contribution in [2.75, 3.05) is 0 Å². The summed E-state index contributed by atoms with van der Waals surface area (Å²) in [5, 5.41) is 0. The van der Waals surface area contributed by atoms with Gasteiger partial charge in [-0.15, -0.1) is 0 Å². The van der Waals surface area contributed by atoms with Crippen LogP contribution in [0.2, 0.25) is 0 Å². The number of rotatable bonds is 3. The van der Waals surface area contributed by atoms with Crippen molar-refractivity contribution in [2.45, 2.75) is 26.8 Å². The van der Waals surface area contributed by atoms with Gasteiger partial charge in [0.05, 0.1) is 10.2 Å². The molecule has 94 valence electrons. The summed E-state index contributed by atoms with van der Waals surface area (Å²) < 4.78 is 3.03. The van der Waals surface area contributed by atoms with Crippen molar-refractivity contribution < 1.29 is 4.79 Å². The van der Waals surface area contributed by atoms with Crippen molar-refractivity contribution in [3.63, 3.8) is 0 Å². The molecule has 0 aliphatic heterocycles. The van der Waals surface area contributed by atoms with E-state index in [0.717, 1.165) is 33.3 Å². The minimum absolute atomic E-state index is 0.290. The minimum atomic E-state index is 0.290. The van der Waals surface area contributed by atoms with Crippen LogP contribution in [0.4, 0.5) is 0 Å². The Labute approximate surface area is 115 Å². The van der Waals surface area contributed by atoms with Crippen molar-refractivity contribution in [2.24, 2.45) is 0 Å². The smallest absolute Gasteiger partial charge is 0.153 e. The normalized spacial score (nSPS) is 10.9. The lowest BCUT2D eigenvalue weighted by Gasteiger charge is -2.16. The van der Waals surface area contributed by atoms with Gasteiger partial charge in [0.15, 0.2) is 6.29 Å². The van der Waals surface area contributed by atoms with Crippen LogP contribution in [0.5, 0.6) is 0 Å². The number of hydrogen-bond acceptors (Lipinski definition) is 2. The maximum Gasteiger partial charge on any atom is 0.153 e.